The molecule has 0 aromatic rings. The average Bonchev–Trinajstić information content (AvgIpc) is 2.59. The van der Waals surface area contributed by atoms with E-state index in [2.05, 4.69) is 0 Å². The van der Waals surface area contributed by atoms with Gasteiger partial charge in [-0.15, -0.1) is 0 Å². The van der Waals surface area contributed by atoms with Gasteiger partial charge in [0.2, 0.25) is 0 Å². The van der Waals surface area contributed by atoms with Gasteiger partial charge in [-0.25, -0.2) is 0 Å². The molecule has 1 unspecified atom stereocenters. The molecule has 1 atom stereocenters. The fourth-order valence-corrected chi connectivity index (χ4v) is 2.16. The lowest BCUT2D eigenvalue weighted by Crippen LogP contribution is -2.26. The lowest BCUT2D eigenvalue weighted by molar-refractivity contribution is -0.150. The lowest BCUT2D eigenvalue weighted by Gasteiger charge is -2.24. The summed E-state index contributed by atoms with van der Waals surface area (Å²) in [5.41, 5.74) is 1.92. The van der Waals surface area contributed by atoms with Crippen LogP contribution in [0.4, 0.5) is 0 Å². The zero-order chi connectivity index (χ0) is 13.0. The number of aliphatic hydroxyl groups is 1. The first kappa shape index (κ1) is 12.9. The van der Waals surface area contributed by atoms with Crippen LogP contribution < -0.4 is 0 Å². The highest BCUT2D eigenvalue weighted by atomic mass is 16.5. The highest BCUT2D eigenvalue weighted by Crippen LogP contribution is 2.30. The van der Waals surface area contributed by atoms with E-state index >= 15 is 0 Å². The number of aliphatic hydroxyl groups excluding tert-OH is 1. The van der Waals surface area contributed by atoms with Crippen LogP contribution in [0, 0.1) is 5.92 Å². The van der Waals surface area contributed by atoms with Gasteiger partial charge in [0, 0.05) is 0 Å². The molecule has 0 bridgehead atoms. The summed E-state index contributed by atoms with van der Waals surface area (Å²) in [6.45, 7) is 2.55. The van der Waals surface area contributed by atoms with Crippen LogP contribution in [-0.2, 0) is 14.3 Å². The Morgan fingerprint density at radius 3 is 3.17 bits per heavy atom. The molecule has 1 aliphatic heterocycles. The molecule has 0 aromatic heterocycles. The van der Waals surface area contributed by atoms with Crippen LogP contribution in [0.25, 0.3) is 0 Å². The van der Waals surface area contributed by atoms with Gasteiger partial charge in [-0.3, -0.25) is 4.79 Å². The molecule has 0 aromatic carbocycles. The standard InChI is InChI=1S/C14H18O4/c1-2-17-14(16)12-7-11-5-3-4-10(8-15)6-13(11)18-9-12/h3-4,6,12,15H,2,5,7-9H2,1H3. The van der Waals surface area contributed by atoms with Crippen molar-refractivity contribution in [2.45, 2.75) is 19.8 Å². The van der Waals surface area contributed by atoms with Crippen molar-refractivity contribution in [1.29, 1.82) is 0 Å². The molecule has 98 valence electrons. The van der Waals surface area contributed by atoms with Crippen molar-refractivity contribution < 1.29 is 19.4 Å². The van der Waals surface area contributed by atoms with Crippen molar-refractivity contribution in [3.63, 3.8) is 0 Å². The van der Waals surface area contributed by atoms with Crippen LogP contribution >= 0.6 is 0 Å². The SMILES string of the molecule is CCOC(=O)C1COC2=C(CC=CC(CO)=C2)C1. The van der Waals surface area contributed by atoms with E-state index in [1.165, 1.54) is 0 Å². The molecule has 2 rings (SSSR count). The number of ether oxygens (including phenoxy) is 2. The Morgan fingerprint density at radius 2 is 2.44 bits per heavy atom. The van der Waals surface area contributed by atoms with Crippen molar-refractivity contribution in [1.82, 2.24) is 0 Å². The summed E-state index contributed by atoms with van der Waals surface area (Å²) in [7, 11) is 0. The third-order valence-corrected chi connectivity index (χ3v) is 3.10. The Hall–Kier alpha value is -1.55. The highest BCUT2D eigenvalue weighted by molar-refractivity contribution is 5.73. The van der Waals surface area contributed by atoms with Gasteiger partial charge in [-0.2, -0.15) is 0 Å². The first-order chi connectivity index (χ1) is 8.74. The van der Waals surface area contributed by atoms with E-state index in [-0.39, 0.29) is 18.5 Å². The van der Waals surface area contributed by atoms with Gasteiger partial charge in [-0.1, -0.05) is 12.2 Å². The van der Waals surface area contributed by atoms with E-state index in [0.29, 0.717) is 19.6 Å². The number of hydrogen-bond acceptors (Lipinski definition) is 4. The molecule has 1 aliphatic carbocycles. The number of rotatable bonds is 3. The minimum absolute atomic E-state index is 0.00204. The molecule has 0 amide bonds. The predicted molar refractivity (Wildman–Crippen MR) is 66.6 cm³/mol. The monoisotopic (exact) mass is 250 g/mol. The maximum atomic E-state index is 11.7. The van der Waals surface area contributed by atoms with Crippen LogP contribution in [0.1, 0.15) is 19.8 Å². The molecule has 1 N–H and O–H groups in total. The minimum atomic E-state index is -0.207. The molecule has 0 saturated heterocycles. The second-order valence-electron chi connectivity index (χ2n) is 4.42. The topological polar surface area (TPSA) is 55.8 Å². The summed E-state index contributed by atoms with van der Waals surface area (Å²) in [6.07, 6.45) is 7.15. The molecule has 1 heterocycles. The first-order valence-corrected chi connectivity index (χ1v) is 6.24. The summed E-state index contributed by atoms with van der Waals surface area (Å²) in [6, 6.07) is 0. The van der Waals surface area contributed by atoms with Crippen LogP contribution in [0.3, 0.4) is 0 Å². The summed E-state index contributed by atoms with van der Waals surface area (Å²) in [5.74, 6) is 0.398. The number of carbonyl (C=O) groups is 1. The van der Waals surface area contributed by atoms with Crippen molar-refractivity contribution in [2.75, 3.05) is 19.8 Å². The van der Waals surface area contributed by atoms with Gasteiger partial charge in [0.15, 0.2) is 0 Å². The van der Waals surface area contributed by atoms with Gasteiger partial charge in [0.05, 0.1) is 19.1 Å². The van der Waals surface area contributed by atoms with Gasteiger partial charge in [-0.05, 0) is 37.0 Å². The minimum Gasteiger partial charge on any atom is -0.493 e. The maximum absolute atomic E-state index is 11.7. The molecular weight excluding hydrogens is 232 g/mol. The summed E-state index contributed by atoms with van der Waals surface area (Å²) in [4.78, 5) is 11.7. The van der Waals surface area contributed by atoms with Gasteiger partial charge in [0.1, 0.15) is 12.4 Å². The normalized spacial score (nSPS) is 22.8. The van der Waals surface area contributed by atoms with E-state index in [1.807, 2.05) is 18.2 Å². The molecule has 0 radical (unpaired) electrons. The maximum Gasteiger partial charge on any atom is 0.312 e. The average molecular weight is 250 g/mol. The Balaban J connectivity index is 2.11. The van der Waals surface area contributed by atoms with Crippen molar-refractivity contribution in [3.05, 3.63) is 35.1 Å². The zero-order valence-corrected chi connectivity index (χ0v) is 10.5. The Morgan fingerprint density at radius 1 is 1.61 bits per heavy atom. The Labute approximate surface area is 107 Å². The fraction of sp³-hybridized carbons (Fsp3) is 0.500. The van der Waals surface area contributed by atoms with Crippen molar-refractivity contribution in [3.8, 4) is 0 Å². The highest BCUT2D eigenvalue weighted by Gasteiger charge is 2.28. The molecule has 4 heteroatoms. The second kappa shape index (κ2) is 5.87. The second-order valence-corrected chi connectivity index (χ2v) is 4.42. The van der Waals surface area contributed by atoms with Crippen molar-refractivity contribution in [2.24, 2.45) is 5.92 Å². The molecule has 0 saturated carbocycles. The largest absolute Gasteiger partial charge is 0.493 e. The van der Waals surface area contributed by atoms with Crippen LogP contribution in [-0.4, -0.2) is 30.9 Å². The predicted octanol–water partition coefficient (Wildman–Crippen LogP) is 1.72. The summed E-state index contributed by atoms with van der Waals surface area (Å²) in [5, 5.41) is 9.14. The summed E-state index contributed by atoms with van der Waals surface area (Å²) >= 11 is 0. The molecule has 4 nitrogen and oxygen atoms in total. The number of allylic oxidation sites excluding steroid dienone is 3. The Kier molecular flexibility index (Phi) is 4.20. The van der Waals surface area contributed by atoms with E-state index in [4.69, 9.17) is 14.6 Å². The van der Waals surface area contributed by atoms with Crippen LogP contribution in [0.2, 0.25) is 0 Å². The van der Waals surface area contributed by atoms with Crippen LogP contribution in [0.15, 0.2) is 35.1 Å². The van der Waals surface area contributed by atoms with Gasteiger partial charge < -0.3 is 14.6 Å². The third kappa shape index (κ3) is 2.82. The van der Waals surface area contributed by atoms with E-state index in [9.17, 15) is 4.79 Å². The third-order valence-electron chi connectivity index (χ3n) is 3.10. The number of esters is 1. The van der Waals surface area contributed by atoms with Gasteiger partial charge in [0.25, 0.3) is 0 Å². The smallest absolute Gasteiger partial charge is 0.312 e. The van der Waals surface area contributed by atoms with Gasteiger partial charge >= 0.3 is 5.97 Å². The first-order valence-electron chi connectivity index (χ1n) is 6.24. The van der Waals surface area contributed by atoms with Crippen molar-refractivity contribution >= 4 is 5.97 Å². The van der Waals surface area contributed by atoms with E-state index < -0.39 is 0 Å². The van der Waals surface area contributed by atoms with E-state index in [1.54, 1.807) is 6.92 Å². The Bertz CT molecular complexity index is 418. The summed E-state index contributed by atoms with van der Waals surface area (Å²) < 4.78 is 10.6. The number of carbonyl (C=O) groups excluding carboxylic acids is 1. The molecule has 18 heavy (non-hydrogen) atoms. The zero-order valence-electron chi connectivity index (χ0n) is 10.5. The molecule has 0 fully saturated rings. The molecule has 2 aliphatic rings. The van der Waals surface area contributed by atoms with Crippen LogP contribution in [0.5, 0.6) is 0 Å². The molecule has 0 spiro atoms. The fourth-order valence-electron chi connectivity index (χ4n) is 2.16. The molecular formula is C14H18O4. The van der Waals surface area contributed by atoms with E-state index in [0.717, 1.165) is 23.3 Å². The quantitative estimate of drug-likeness (QED) is 0.775. The number of hydrogen-bond donors (Lipinski definition) is 1. The lowest BCUT2D eigenvalue weighted by atomic mass is 9.95.